The highest BCUT2D eigenvalue weighted by atomic mass is 32.2. The summed E-state index contributed by atoms with van der Waals surface area (Å²) in [4.78, 5) is 16.5. The zero-order chi connectivity index (χ0) is 17.9. The van der Waals surface area contributed by atoms with Crippen LogP contribution >= 0.6 is 11.8 Å². The Balaban J connectivity index is 1.38. The molecule has 3 aromatic rings. The van der Waals surface area contributed by atoms with Crippen molar-refractivity contribution in [2.75, 3.05) is 17.9 Å². The van der Waals surface area contributed by atoms with E-state index in [1.54, 1.807) is 24.4 Å². The first-order valence-corrected chi connectivity index (χ1v) is 8.82. The third-order valence-electron chi connectivity index (χ3n) is 3.72. The van der Waals surface area contributed by atoms with E-state index in [-0.39, 0.29) is 18.5 Å². The Morgan fingerprint density at radius 3 is 2.96 bits per heavy atom. The van der Waals surface area contributed by atoms with Gasteiger partial charge in [-0.25, -0.2) is 0 Å². The lowest BCUT2D eigenvalue weighted by Gasteiger charge is -2.06. The van der Waals surface area contributed by atoms with E-state index in [0.717, 1.165) is 5.69 Å². The summed E-state index contributed by atoms with van der Waals surface area (Å²) >= 11 is 1.31. The molecule has 0 atom stereocenters. The van der Waals surface area contributed by atoms with Gasteiger partial charge in [0.1, 0.15) is 5.69 Å². The maximum absolute atomic E-state index is 12.2. The normalized spacial score (nSPS) is 12.2. The lowest BCUT2D eigenvalue weighted by molar-refractivity contribution is -0.113. The minimum absolute atomic E-state index is 0.142. The Bertz CT molecular complexity index is 945. The molecule has 26 heavy (non-hydrogen) atoms. The summed E-state index contributed by atoms with van der Waals surface area (Å²) in [6.07, 6.45) is 1.70. The number of ether oxygens (including phenoxy) is 2. The van der Waals surface area contributed by atoms with Crippen LogP contribution in [0.3, 0.4) is 0 Å². The predicted molar refractivity (Wildman–Crippen MR) is 96.2 cm³/mol. The molecule has 0 fully saturated rings. The SMILES string of the molecule is Cn1c(SCC(=O)Nc2ccc3c(c2)OCO3)nnc1-c1ccccn1. The van der Waals surface area contributed by atoms with Gasteiger partial charge in [0.25, 0.3) is 0 Å². The van der Waals surface area contributed by atoms with Crippen molar-refractivity contribution in [3.05, 3.63) is 42.6 Å². The van der Waals surface area contributed by atoms with Crippen LogP contribution in [0.4, 0.5) is 5.69 Å². The fraction of sp³-hybridized carbons (Fsp3) is 0.176. The Labute approximate surface area is 153 Å². The van der Waals surface area contributed by atoms with E-state index in [0.29, 0.717) is 28.2 Å². The lowest BCUT2D eigenvalue weighted by atomic mass is 10.3. The van der Waals surface area contributed by atoms with Crippen molar-refractivity contribution in [1.82, 2.24) is 19.7 Å². The molecule has 3 heterocycles. The van der Waals surface area contributed by atoms with Crippen LogP contribution in [0.5, 0.6) is 11.5 Å². The summed E-state index contributed by atoms with van der Waals surface area (Å²) in [6, 6.07) is 10.9. The third-order valence-corrected chi connectivity index (χ3v) is 4.74. The van der Waals surface area contributed by atoms with Gasteiger partial charge in [0.05, 0.1) is 5.75 Å². The number of aromatic nitrogens is 4. The van der Waals surface area contributed by atoms with Gasteiger partial charge in [-0.05, 0) is 24.3 Å². The number of nitrogens with zero attached hydrogens (tertiary/aromatic N) is 4. The van der Waals surface area contributed by atoms with Crippen LogP contribution in [0.1, 0.15) is 0 Å². The first-order chi connectivity index (χ1) is 12.7. The molecule has 9 heteroatoms. The molecule has 1 amide bonds. The molecule has 0 unspecified atom stereocenters. The largest absolute Gasteiger partial charge is 0.454 e. The standard InChI is InChI=1S/C17H15N5O3S/c1-22-16(12-4-2-3-7-18-12)20-21-17(22)26-9-15(23)19-11-5-6-13-14(8-11)25-10-24-13/h2-8H,9-10H2,1H3,(H,19,23). The summed E-state index contributed by atoms with van der Waals surface area (Å²) in [7, 11) is 1.85. The fourth-order valence-corrected chi connectivity index (χ4v) is 3.17. The smallest absolute Gasteiger partial charge is 0.234 e. The lowest BCUT2D eigenvalue weighted by Crippen LogP contribution is -2.14. The molecular weight excluding hydrogens is 354 g/mol. The second-order valence-electron chi connectivity index (χ2n) is 5.49. The van der Waals surface area contributed by atoms with Crippen LogP contribution in [-0.4, -0.2) is 38.2 Å². The topological polar surface area (TPSA) is 91.2 Å². The van der Waals surface area contributed by atoms with Crippen molar-refractivity contribution in [1.29, 1.82) is 0 Å². The van der Waals surface area contributed by atoms with Gasteiger partial charge in [-0.1, -0.05) is 17.8 Å². The van der Waals surface area contributed by atoms with Crippen molar-refractivity contribution in [3.8, 4) is 23.0 Å². The number of carbonyl (C=O) groups is 1. The van der Waals surface area contributed by atoms with Gasteiger partial charge in [0.15, 0.2) is 22.5 Å². The predicted octanol–water partition coefficient (Wildman–Crippen LogP) is 2.34. The van der Waals surface area contributed by atoms with Crippen molar-refractivity contribution < 1.29 is 14.3 Å². The summed E-state index contributed by atoms with van der Waals surface area (Å²) in [5.74, 6) is 2.03. The molecule has 0 saturated carbocycles. The van der Waals surface area contributed by atoms with Crippen molar-refractivity contribution in [2.24, 2.45) is 7.05 Å². The molecule has 4 rings (SSSR count). The molecule has 0 radical (unpaired) electrons. The number of anilines is 1. The quantitative estimate of drug-likeness (QED) is 0.690. The molecule has 0 spiro atoms. The molecule has 1 aromatic carbocycles. The minimum atomic E-state index is -0.142. The molecule has 8 nitrogen and oxygen atoms in total. The van der Waals surface area contributed by atoms with Gasteiger partial charge in [0, 0.05) is 25.0 Å². The van der Waals surface area contributed by atoms with Gasteiger partial charge in [-0.3, -0.25) is 9.78 Å². The number of hydrogen-bond donors (Lipinski definition) is 1. The summed E-state index contributed by atoms with van der Waals surface area (Å²) < 4.78 is 12.4. The van der Waals surface area contributed by atoms with Gasteiger partial charge >= 0.3 is 0 Å². The number of benzene rings is 1. The summed E-state index contributed by atoms with van der Waals surface area (Å²) in [6.45, 7) is 0.202. The molecule has 1 aliphatic rings. The van der Waals surface area contributed by atoms with E-state index in [4.69, 9.17) is 9.47 Å². The fourth-order valence-electron chi connectivity index (χ4n) is 2.46. The van der Waals surface area contributed by atoms with Crippen molar-refractivity contribution >= 4 is 23.4 Å². The summed E-state index contributed by atoms with van der Waals surface area (Å²) in [5, 5.41) is 11.8. The van der Waals surface area contributed by atoms with Gasteiger partial charge < -0.3 is 19.4 Å². The molecule has 0 aliphatic carbocycles. The number of carbonyl (C=O) groups excluding carboxylic acids is 1. The minimum Gasteiger partial charge on any atom is -0.454 e. The Morgan fingerprint density at radius 1 is 1.23 bits per heavy atom. The Morgan fingerprint density at radius 2 is 2.12 bits per heavy atom. The zero-order valence-corrected chi connectivity index (χ0v) is 14.7. The number of thioether (sulfide) groups is 1. The Kier molecular flexibility index (Phi) is 4.44. The number of nitrogens with one attached hydrogen (secondary N) is 1. The number of amides is 1. The van der Waals surface area contributed by atoms with Crippen LogP contribution in [0, 0.1) is 0 Å². The number of pyridine rings is 1. The Hall–Kier alpha value is -3.07. The first-order valence-electron chi connectivity index (χ1n) is 7.84. The van der Waals surface area contributed by atoms with Crippen molar-refractivity contribution in [2.45, 2.75) is 5.16 Å². The van der Waals surface area contributed by atoms with Gasteiger partial charge in [0.2, 0.25) is 12.7 Å². The molecule has 1 aliphatic heterocycles. The molecule has 0 saturated heterocycles. The van der Waals surface area contributed by atoms with E-state index in [1.807, 2.05) is 29.8 Å². The van der Waals surface area contributed by atoms with E-state index in [9.17, 15) is 4.79 Å². The monoisotopic (exact) mass is 369 g/mol. The molecule has 0 bridgehead atoms. The van der Waals surface area contributed by atoms with E-state index >= 15 is 0 Å². The average molecular weight is 369 g/mol. The van der Waals surface area contributed by atoms with Gasteiger partial charge in [-0.15, -0.1) is 10.2 Å². The highest BCUT2D eigenvalue weighted by molar-refractivity contribution is 7.99. The maximum atomic E-state index is 12.2. The summed E-state index contributed by atoms with van der Waals surface area (Å²) in [5.41, 5.74) is 1.39. The highest BCUT2D eigenvalue weighted by Crippen LogP contribution is 2.34. The van der Waals surface area contributed by atoms with Crippen LogP contribution in [0.15, 0.2) is 47.8 Å². The zero-order valence-electron chi connectivity index (χ0n) is 13.9. The van der Waals surface area contributed by atoms with E-state index in [2.05, 4.69) is 20.5 Å². The second kappa shape index (κ2) is 7.04. The number of hydrogen-bond acceptors (Lipinski definition) is 7. The highest BCUT2D eigenvalue weighted by Gasteiger charge is 2.16. The molecule has 2 aromatic heterocycles. The van der Waals surface area contributed by atoms with Gasteiger partial charge in [-0.2, -0.15) is 0 Å². The van der Waals surface area contributed by atoms with Crippen LogP contribution in [0.25, 0.3) is 11.5 Å². The molecule has 132 valence electrons. The third kappa shape index (κ3) is 3.33. The van der Waals surface area contributed by atoms with Crippen LogP contribution in [0.2, 0.25) is 0 Å². The average Bonchev–Trinajstić information content (AvgIpc) is 3.27. The van der Waals surface area contributed by atoms with E-state index < -0.39 is 0 Å². The van der Waals surface area contributed by atoms with Crippen molar-refractivity contribution in [3.63, 3.8) is 0 Å². The van der Waals surface area contributed by atoms with Crippen LogP contribution in [-0.2, 0) is 11.8 Å². The number of fused-ring (bicyclic) bond motifs is 1. The molecule has 1 N–H and O–H groups in total. The second-order valence-corrected chi connectivity index (χ2v) is 6.43. The maximum Gasteiger partial charge on any atom is 0.234 e. The van der Waals surface area contributed by atoms with E-state index in [1.165, 1.54) is 11.8 Å². The molecular formula is C17H15N5O3S. The first kappa shape index (κ1) is 16.4. The number of rotatable bonds is 5. The van der Waals surface area contributed by atoms with Crippen LogP contribution < -0.4 is 14.8 Å².